The number of hydrogen-bond donors (Lipinski definition) is 3. The van der Waals surface area contributed by atoms with Crippen molar-refractivity contribution in [2.75, 3.05) is 7.11 Å². The number of rotatable bonds is 11. The van der Waals surface area contributed by atoms with Crippen molar-refractivity contribution in [1.29, 1.82) is 5.41 Å². The molecule has 0 heterocycles. The zero-order valence-electron chi connectivity index (χ0n) is 22.4. The molecule has 0 aromatic heterocycles. The Bertz CT molecular complexity index is 1470. The number of methoxy groups -OCH3 is 1. The number of ether oxygens (including phenoxy) is 1. The standard InChI is InChI=1S/C34H33N3O3/c1-40-34(39)30(22-26-11-8-14-29(21-26)33(35)36)31(20-17-24-9-4-2-5-10-24)37-32(38)23-25-15-18-28(19-16-25)27-12-6-3-7-13-27/h2-21,30-31H,22-23H2,1H3,(H3,35,36)(H,37,38)/b20-17+/t30-,31-/m0/s1. The van der Waals surface area contributed by atoms with Crippen LogP contribution in [0.25, 0.3) is 17.2 Å². The molecule has 0 bridgehead atoms. The smallest absolute Gasteiger partial charge is 0.311 e. The van der Waals surface area contributed by atoms with Gasteiger partial charge in [0.2, 0.25) is 5.91 Å². The molecule has 0 unspecified atom stereocenters. The highest BCUT2D eigenvalue weighted by Crippen LogP contribution is 2.21. The summed E-state index contributed by atoms with van der Waals surface area (Å²) in [5, 5.41) is 10.8. The first kappa shape index (κ1) is 28.0. The van der Waals surface area contributed by atoms with Gasteiger partial charge in [-0.25, -0.2) is 0 Å². The van der Waals surface area contributed by atoms with Crippen LogP contribution in [0.5, 0.6) is 0 Å². The van der Waals surface area contributed by atoms with Crippen LogP contribution in [0.2, 0.25) is 0 Å². The predicted octanol–water partition coefficient (Wildman–Crippen LogP) is 5.41. The van der Waals surface area contributed by atoms with Crippen molar-refractivity contribution in [2.24, 2.45) is 11.7 Å². The van der Waals surface area contributed by atoms with Gasteiger partial charge in [-0.05, 0) is 40.3 Å². The lowest BCUT2D eigenvalue weighted by Crippen LogP contribution is -2.44. The van der Waals surface area contributed by atoms with Gasteiger partial charge in [0.05, 0.1) is 25.5 Å². The zero-order chi connectivity index (χ0) is 28.3. The van der Waals surface area contributed by atoms with Crippen LogP contribution in [0.3, 0.4) is 0 Å². The lowest BCUT2D eigenvalue weighted by Gasteiger charge is -2.24. The number of carbonyl (C=O) groups is 2. The maximum absolute atomic E-state index is 13.3. The van der Waals surface area contributed by atoms with Gasteiger partial charge in [0, 0.05) is 5.56 Å². The molecule has 4 aromatic carbocycles. The minimum Gasteiger partial charge on any atom is -0.469 e. The van der Waals surface area contributed by atoms with E-state index in [2.05, 4.69) is 5.32 Å². The van der Waals surface area contributed by atoms with Crippen LogP contribution in [0.4, 0.5) is 0 Å². The molecule has 0 aliphatic carbocycles. The van der Waals surface area contributed by atoms with E-state index in [1.54, 1.807) is 18.2 Å². The fraction of sp³-hybridized carbons (Fsp3) is 0.147. The van der Waals surface area contributed by atoms with Crippen LogP contribution in [0.1, 0.15) is 22.3 Å². The lowest BCUT2D eigenvalue weighted by atomic mass is 9.90. The van der Waals surface area contributed by atoms with E-state index < -0.39 is 17.9 Å². The maximum atomic E-state index is 13.3. The maximum Gasteiger partial charge on any atom is 0.311 e. The Hall–Kier alpha value is -4.97. The van der Waals surface area contributed by atoms with Crippen molar-refractivity contribution in [3.8, 4) is 11.1 Å². The van der Waals surface area contributed by atoms with Crippen LogP contribution in [-0.2, 0) is 27.2 Å². The first-order valence-electron chi connectivity index (χ1n) is 13.1. The Morgan fingerprint density at radius 1 is 0.850 bits per heavy atom. The van der Waals surface area contributed by atoms with Crippen molar-refractivity contribution >= 4 is 23.8 Å². The molecule has 0 radical (unpaired) electrons. The summed E-state index contributed by atoms with van der Waals surface area (Å²) >= 11 is 0. The molecule has 4 aromatic rings. The monoisotopic (exact) mass is 531 g/mol. The summed E-state index contributed by atoms with van der Waals surface area (Å²) in [5.41, 5.74) is 11.1. The summed E-state index contributed by atoms with van der Waals surface area (Å²) in [5.74, 6) is -1.40. The number of amides is 1. The molecule has 1 amide bonds. The molecule has 0 fully saturated rings. The molecular weight excluding hydrogens is 498 g/mol. The summed E-state index contributed by atoms with van der Waals surface area (Å²) < 4.78 is 5.16. The second-order valence-electron chi connectivity index (χ2n) is 9.55. The molecule has 6 heteroatoms. The van der Waals surface area contributed by atoms with Crippen LogP contribution >= 0.6 is 0 Å². The highest BCUT2D eigenvalue weighted by molar-refractivity contribution is 5.95. The highest BCUT2D eigenvalue weighted by atomic mass is 16.5. The fourth-order valence-electron chi connectivity index (χ4n) is 4.56. The third-order valence-corrected chi connectivity index (χ3v) is 6.68. The van der Waals surface area contributed by atoms with Crippen LogP contribution < -0.4 is 11.1 Å². The second kappa shape index (κ2) is 13.7. The van der Waals surface area contributed by atoms with Gasteiger partial charge in [-0.1, -0.05) is 115 Å². The fourth-order valence-corrected chi connectivity index (χ4v) is 4.56. The first-order valence-corrected chi connectivity index (χ1v) is 13.1. The van der Waals surface area contributed by atoms with Gasteiger partial charge in [-0.3, -0.25) is 15.0 Å². The third-order valence-electron chi connectivity index (χ3n) is 6.68. The topological polar surface area (TPSA) is 105 Å². The Labute approximate surface area is 235 Å². The van der Waals surface area contributed by atoms with E-state index in [0.29, 0.717) is 12.0 Å². The van der Waals surface area contributed by atoms with Crippen molar-refractivity contribution in [3.63, 3.8) is 0 Å². The van der Waals surface area contributed by atoms with Gasteiger partial charge in [-0.15, -0.1) is 0 Å². The summed E-state index contributed by atoms with van der Waals surface area (Å²) in [4.78, 5) is 26.3. The third kappa shape index (κ3) is 7.77. The van der Waals surface area contributed by atoms with E-state index in [9.17, 15) is 9.59 Å². The van der Waals surface area contributed by atoms with Gasteiger partial charge in [-0.2, -0.15) is 0 Å². The quantitative estimate of drug-likeness (QED) is 0.137. The number of nitrogen functional groups attached to an aromatic ring is 1. The van der Waals surface area contributed by atoms with Gasteiger partial charge < -0.3 is 15.8 Å². The van der Waals surface area contributed by atoms with Crippen LogP contribution in [-0.4, -0.2) is 30.9 Å². The minimum atomic E-state index is -0.698. The molecular formula is C34H33N3O3. The van der Waals surface area contributed by atoms with E-state index in [0.717, 1.165) is 27.8 Å². The van der Waals surface area contributed by atoms with Crippen molar-refractivity contribution < 1.29 is 14.3 Å². The number of hydrogen-bond acceptors (Lipinski definition) is 4. The number of amidine groups is 1. The Balaban J connectivity index is 1.56. The number of esters is 1. The minimum absolute atomic E-state index is 0.0522. The van der Waals surface area contributed by atoms with E-state index in [-0.39, 0.29) is 18.2 Å². The Morgan fingerprint density at radius 3 is 2.15 bits per heavy atom. The van der Waals surface area contributed by atoms with Crippen molar-refractivity contribution in [3.05, 3.63) is 138 Å². The number of nitrogens with two attached hydrogens (primary N) is 1. The average molecular weight is 532 g/mol. The molecule has 2 atom stereocenters. The summed E-state index contributed by atoms with van der Waals surface area (Å²) in [6.07, 6.45) is 4.19. The zero-order valence-corrected chi connectivity index (χ0v) is 22.4. The Morgan fingerprint density at radius 2 is 1.50 bits per heavy atom. The summed E-state index contributed by atoms with van der Waals surface area (Å²) in [6.45, 7) is 0. The van der Waals surface area contributed by atoms with Gasteiger partial charge in [0.25, 0.3) is 0 Å². The molecule has 0 aliphatic heterocycles. The molecule has 0 spiro atoms. The second-order valence-corrected chi connectivity index (χ2v) is 9.55. The van der Waals surface area contributed by atoms with Gasteiger partial charge in [0.1, 0.15) is 5.84 Å². The largest absolute Gasteiger partial charge is 0.469 e. The van der Waals surface area contributed by atoms with Gasteiger partial charge >= 0.3 is 5.97 Å². The highest BCUT2D eigenvalue weighted by Gasteiger charge is 2.29. The lowest BCUT2D eigenvalue weighted by molar-refractivity contribution is -0.146. The number of carbonyl (C=O) groups excluding carboxylic acids is 2. The summed E-state index contributed by atoms with van der Waals surface area (Å²) in [7, 11) is 1.34. The molecule has 4 rings (SSSR count). The van der Waals surface area contributed by atoms with E-state index >= 15 is 0 Å². The van der Waals surface area contributed by atoms with Crippen LogP contribution in [0, 0.1) is 11.3 Å². The predicted molar refractivity (Wildman–Crippen MR) is 160 cm³/mol. The van der Waals surface area contributed by atoms with Gasteiger partial charge in [0.15, 0.2) is 0 Å². The number of benzene rings is 4. The molecule has 202 valence electrons. The molecule has 0 saturated carbocycles. The average Bonchev–Trinajstić information content (AvgIpc) is 2.99. The molecule has 6 nitrogen and oxygen atoms in total. The normalized spacial score (nSPS) is 12.4. The molecule has 40 heavy (non-hydrogen) atoms. The van der Waals surface area contributed by atoms with E-state index in [1.807, 2.05) is 103 Å². The van der Waals surface area contributed by atoms with Crippen molar-refractivity contribution in [2.45, 2.75) is 18.9 Å². The SMILES string of the molecule is COC(=O)[C@@H](Cc1cccc(C(=N)N)c1)[C@H](/C=C/c1ccccc1)NC(=O)Cc1ccc(-c2ccccc2)cc1. The molecule has 0 saturated heterocycles. The molecule has 4 N–H and O–H groups in total. The summed E-state index contributed by atoms with van der Waals surface area (Å²) in [6, 6.07) is 34.2. The number of nitrogens with one attached hydrogen (secondary N) is 2. The Kier molecular flexibility index (Phi) is 9.62. The van der Waals surface area contributed by atoms with E-state index in [1.165, 1.54) is 7.11 Å². The molecule has 0 aliphatic rings. The first-order chi connectivity index (χ1) is 19.4. The van der Waals surface area contributed by atoms with E-state index in [4.69, 9.17) is 15.9 Å². The van der Waals surface area contributed by atoms with Crippen molar-refractivity contribution in [1.82, 2.24) is 5.32 Å². The van der Waals surface area contributed by atoms with Crippen LogP contribution in [0.15, 0.2) is 115 Å².